The van der Waals surface area contributed by atoms with Crippen LogP contribution in [0.3, 0.4) is 0 Å². The van der Waals surface area contributed by atoms with E-state index >= 15 is 0 Å². The number of carbonyl (C=O) groups excluding carboxylic acids is 1. The lowest BCUT2D eigenvalue weighted by Gasteiger charge is -2.29. The van der Waals surface area contributed by atoms with Crippen molar-refractivity contribution < 1.29 is 19.0 Å². The molecule has 0 aromatic heterocycles. The summed E-state index contributed by atoms with van der Waals surface area (Å²) in [6, 6.07) is 5.52. The van der Waals surface area contributed by atoms with Gasteiger partial charge in [0, 0.05) is 6.04 Å². The molecule has 1 aliphatic carbocycles. The van der Waals surface area contributed by atoms with E-state index in [9.17, 15) is 10.1 Å². The number of hydrogen-bond acceptors (Lipinski definition) is 5. The van der Waals surface area contributed by atoms with Gasteiger partial charge in [0.1, 0.15) is 11.6 Å². The zero-order valence-electron chi connectivity index (χ0n) is 15.8. The van der Waals surface area contributed by atoms with E-state index in [0.717, 1.165) is 19.3 Å². The summed E-state index contributed by atoms with van der Waals surface area (Å²) in [5.74, 6) is 1.48. The van der Waals surface area contributed by atoms with Crippen LogP contribution in [-0.2, 0) is 4.79 Å². The van der Waals surface area contributed by atoms with Crippen molar-refractivity contribution in [2.24, 2.45) is 5.92 Å². The van der Waals surface area contributed by atoms with Gasteiger partial charge in [0.2, 0.25) is 5.75 Å². The first-order valence-electron chi connectivity index (χ1n) is 8.76. The van der Waals surface area contributed by atoms with E-state index in [1.807, 2.05) is 6.07 Å². The van der Waals surface area contributed by atoms with Crippen molar-refractivity contribution in [2.75, 3.05) is 21.3 Å². The molecule has 140 valence electrons. The Morgan fingerprint density at radius 3 is 2.27 bits per heavy atom. The number of rotatable bonds is 6. The normalized spacial score (nSPS) is 20.0. The fraction of sp³-hybridized carbons (Fsp3) is 0.500. The van der Waals surface area contributed by atoms with Crippen molar-refractivity contribution in [3.8, 4) is 23.3 Å². The van der Waals surface area contributed by atoms with Crippen LogP contribution in [0.5, 0.6) is 17.2 Å². The van der Waals surface area contributed by atoms with Crippen LogP contribution in [0, 0.1) is 17.2 Å². The number of benzene rings is 1. The summed E-state index contributed by atoms with van der Waals surface area (Å²) in [5.41, 5.74) is 0.680. The minimum absolute atomic E-state index is 0.0528. The fourth-order valence-corrected chi connectivity index (χ4v) is 3.28. The number of nitrogens with one attached hydrogen (secondary N) is 1. The second-order valence-electron chi connectivity index (χ2n) is 6.47. The first-order valence-corrected chi connectivity index (χ1v) is 8.76. The van der Waals surface area contributed by atoms with Crippen molar-refractivity contribution >= 4 is 12.0 Å². The zero-order valence-corrected chi connectivity index (χ0v) is 15.8. The minimum atomic E-state index is -0.347. The van der Waals surface area contributed by atoms with E-state index in [1.165, 1.54) is 33.8 Å². The van der Waals surface area contributed by atoms with Crippen LogP contribution in [0.4, 0.5) is 0 Å². The highest BCUT2D eigenvalue weighted by molar-refractivity contribution is 6.02. The van der Waals surface area contributed by atoms with Gasteiger partial charge in [-0.1, -0.05) is 19.8 Å². The third-order valence-corrected chi connectivity index (χ3v) is 4.79. The average Bonchev–Trinajstić information content (AvgIpc) is 2.66. The fourth-order valence-electron chi connectivity index (χ4n) is 3.28. The summed E-state index contributed by atoms with van der Waals surface area (Å²) in [4.78, 5) is 12.5. The number of nitrogens with zero attached hydrogens (tertiary/aromatic N) is 1. The topological polar surface area (TPSA) is 80.6 Å². The molecule has 1 fully saturated rings. The molecule has 26 heavy (non-hydrogen) atoms. The van der Waals surface area contributed by atoms with Crippen LogP contribution in [-0.4, -0.2) is 33.3 Å². The second kappa shape index (κ2) is 9.14. The van der Waals surface area contributed by atoms with Crippen LogP contribution in [0.2, 0.25) is 0 Å². The predicted molar refractivity (Wildman–Crippen MR) is 99.3 cm³/mol. The molecule has 1 saturated carbocycles. The standard InChI is InChI=1S/C20H26N2O4/c1-13-7-5-6-8-16(13)22-20(23)15(12-21)9-14-10-17(24-2)19(26-4)18(11-14)25-3/h9-11,13,16H,5-8H2,1-4H3,(H,22,23)/b15-9+/t13-,16+/m1/s1. The van der Waals surface area contributed by atoms with Gasteiger partial charge in [-0.3, -0.25) is 4.79 Å². The first-order chi connectivity index (χ1) is 12.5. The van der Waals surface area contributed by atoms with Gasteiger partial charge >= 0.3 is 0 Å². The number of nitriles is 1. The van der Waals surface area contributed by atoms with Crippen molar-refractivity contribution in [2.45, 2.75) is 38.6 Å². The molecule has 1 aliphatic rings. The number of hydrogen-bond donors (Lipinski definition) is 1. The van der Waals surface area contributed by atoms with Gasteiger partial charge in [-0.2, -0.15) is 5.26 Å². The van der Waals surface area contributed by atoms with Crippen molar-refractivity contribution in [3.05, 3.63) is 23.3 Å². The molecule has 0 aliphatic heterocycles. The van der Waals surface area contributed by atoms with Crippen LogP contribution in [0.1, 0.15) is 38.2 Å². The Hall–Kier alpha value is -2.68. The Kier molecular flexibility index (Phi) is 6.90. The minimum Gasteiger partial charge on any atom is -0.493 e. The number of methoxy groups -OCH3 is 3. The van der Waals surface area contributed by atoms with E-state index < -0.39 is 0 Å². The summed E-state index contributed by atoms with van der Waals surface area (Å²) in [5, 5.41) is 12.4. The molecule has 0 heterocycles. The Morgan fingerprint density at radius 1 is 1.15 bits per heavy atom. The Labute approximate surface area is 154 Å². The Bertz CT molecular complexity index is 696. The molecule has 0 radical (unpaired) electrons. The predicted octanol–water partition coefficient (Wildman–Crippen LogP) is 3.31. The Morgan fingerprint density at radius 2 is 1.77 bits per heavy atom. The highest BCUT2D eigenvalue weighted by Crippen LogP contribution is 2.38. The lowest BCUT2D eigenvalue weighted by atomic mass is 9.86. The molecular formula is C20H26N2O4. The van der Waals surface area contributed by atoms with Crippen molar-refractivity contribution in [3.63, 3.8) is 0 Å². The third kappa shape index (κ3) is 4.48. The highest BCUT2D eigenvalue weighted by atomic mass is 16.5. The molecule has 6 nitrogen and oxygen atoms in total. The van der Waals surface area contributed by atoms with Gasteiger partial charge in [0.15, 0.2) is 11.5 Å². The van der Waals surface area contributed by atoms with Gasteiger partial charge in [-0.05, 0) is 42.5 Å². The van der Waals surface area contributed by atoms with Crippen molar-refractivity contribution in [1.29, 1.82) is 5.26 Å². The molecular weight excluding hydrogens is 332 g/mol. The van der Waals surface area contributed by atoms with E-state index in [4.69, 9.17) is 14.2 Å². The van der Waals surface area contributed by atoms with Crippen LogP contribution in [0.15, 0.2) is 17.7 Å². The maximum Gasteiger partial charge on any atom is 0.262 e. The van der Waals surface area contributed by atoms with Gasteiger partial charge in [-0.15, -0.1) is 0 Å². The second-order valence-corrected chi connectivity index (χ2v) is 6.47. The summed E-state index contributed by atoms with van der Waals surface area (Å²) in [6.07, 6.45) is 5.89. The largest absolute Gasteiger partial charge is 0.493 e. The van der Waals surface area contributed by atoms with Crippen LogP contribution < -0.4 is 19.5 Å². The SMILES string of the molecule is COc1cc(/C=C(\C#N)C(=O)N[C@H]2CCCC[C@H]2C)cc(OC)c1OC. The van der Waals surface area contributed by atoms with Gasteiger partial charge in [0.05, 0.1) is 21.3 Å². The maximum absolute atomic E-state index is 12.5. The number of ether oxygens (including phenoxy) is 3. The van der Waals surface area contributed by atoms with Gasteiger partial charge in [0.25, 0.3) is 5.91 Å². The molecule has 2 rings (SSSR count). The van der Waals surface area contributed by atoms with Crippen molar-refractivity contribution in [1.82, 2.24) is 5.32 Å². The average molecular weight is 358 g/mol. The Balaban J connectivity index is 2.27. The third-order valence-electron chi connectivity index (χ3n) is 4.79. The summed E-state index contributed by atoms with van der Waals surface area (Å²) in [6.45, 7) is 2.14. The smallest absolute Gasteiger partial charge is 0.262 e. The highest BCUT2D eigenvalue weighted by Gasteiger charge is 2.24. The maximum atomic E-state index is 12.5. The molecule has 1 amide bonds. The van der Waals surface area contributed by atoms with Gasteiger partial charge < -0.3 is 19.5 Å². The summed E-state index contributed by atoms with van der Waals surface area (Å²) < 4.78 is 15.9. The lowest BCUT2D eigenvalue weighted by Crippen LogP contribution is -2.41. The number of amides is 1. The van der Waals surface area contributed by atoms with E-state index in [1.54, 1.807) is 12.1 Å². The molecule has 1 aromatic carbocycles. The lowest BCUT2D eigenvalue weighted by molar-refractivity contribution is -0.118. The monoisotopic (exact) mass is 358 g/mol. The first kappa shape index (κ1) is 19.6. The molecule has 2 atom stereocenters. The number of carbonyl (C=O) groups is 1. The summed E-state index contributed by atoms with van der Waals surface area (Å²) in [7, 11) is 4.57. The molecule has 0 saturated heterocycles. The zero-order chi connectivity index (χ0) is 19.1. The summed E-state index contributed by atoms with van der Waals surface area (Å²) >= 11 is 0. The molecule has 1 aromatic rings. The van der Waals surface area contributed by atoms with Crippen LogP contribution >= 0.6 is 0 Å². The van der Waals surface area contributed by atoms with Crippen LogP contribution in [0.25, 0.3) is 6.08 Å². The van der Waals surface area contributed by atoms with E-state index in [0.29, 0.717) is 28.7 Å². The van der Waals surface area contributed by atoms with E-state index in [-0.39, 0.29) is 17.5 Å². The molecule has 0 spiro atoms. The van der Waals surface area contributed by atoms with Gasteiger partial charge in [-0.25, -0.2) is 0 Å². The molecule has 0 bridgehead atoms. The quantitative estimate of drug-likeness (QED) is 0.623. The van der Waals surface area contributed by atoms with E-state index in [2.05, 4.69) is 12.2 Å². The molecule has 0 unspecified atom stereocenters. The molecule has 6 heteroatoms. The molecule has 1 N–H and O–H groups in total.